The van der Waals surface area contributed by atoms with E-state index >= 15 is 0 Å². The number of amides is 6. The summed E-state index contributed by atoms with van der Waals surface area (Å²) in [5.74, 6) is -4.17. The summed E-state index contributed by atoms with van der Waals surface area (Å²) in [6.45, 7) is 27.9. The third-order valence-electron chi connectivity index (χ3n) is 15.2. The van der Waals surface area contributed by atoms with Crippen LogP contribution in [-0.2, 0) is 87.8 Å². The van der Waals surface area contributed by atoms with Gasteiger partial charge in [0.05, 0.1) is 32.5 Å². The predicted molar refractivity (Wildman–Crippen MR) is 428 cm³/mol. The number of fused-ring (bicyclic) bond motifs is 4. The van der Waals surface area contributed by atoms with Crippen LogP contribution in [0.2, 0.25) is 19.6 Å². The van der Waals surface area contributed by atoms with Gasteiger partial charge in [-0.3, -0.25) is 14.4 Å². The number of aromatic carboxylic acids is 2. The molecule has 32 nitrogen and oxygen atoms in total. The number of carbonyl (C=O) groups excluding carboxylic acids is 9. The molecule has 0 radical (unpaired) electrons. The first-order valence-electron chi connectivity index (χ1n) is 35.6. The van der Waals surface area contributed by atoms with E-state index in [1.165, 1.54) is 0 Å². The smallest absolute Gasteiger partial charge is 1.00 e. The molecule has 0 saturated carbocycles. The van der Waals surface area contributed by atoms with Gasteiger partial charge in [0.25, 0.3) is 0 Å². The molecule has 616 valence electrons. The quantitative estimate of drug-likeness (QED) is 0.00598. The molecule has 8 aromatic rings. The summed E-state index contributed by atoms with van der Waals surface area (Å²) >= 11 is 0. The number of H-pyrrole nitrogens is 4. The zero-order chi connectivity index (χ0) is 81.7. The monoisotopic (exact) mass is 1660 g/mol. The molecule has 0 aliphatic heterocycles. The maximum absolute atomic E-state index is 12.4. The number of carboxylic acids is 2. The summed E-state index contributed by atoms with van der Waals surface area (Å²) in [5.41, 5.74) is 35.4. The van der Waals surface area contributed by atoms with Crippen LogP contribution >= 0.6 is 12.4 Å². The van der Waals surface area contributed by atoms with E-state index < -0.39 is 84.9 Å². The van der Waals surface area contributed by atoms with Crippen molar-refractivity contribution in [2.45, 2.75) is 183 Å². The van der Waals surface area contributed by atoms with E-state index in [-0.39, 0.29) is 119 Å². The molecular formula is C77H109Cl2KN13O19Si-. The molecule has 20 N–H and O–H groups in total. The molecule has 0 saturated heterocycles. The Bertz CT molecular complexity index is 4580. The SMILES string of the molecule is CC(C)(C)OC(=O)NCCCc1c(C(=O)O)[nH]c2ccc(CC(N)=O)cc12.CCOC(=O)c1[nH]c2ccc(CC(N)=O)cc2c1CCCNC(=O)OC(C)(C)C.CCOC(=O)c1[nH]c2ccc(N)cc2c1CCCNC(=O)OC(C)(C)C.C[Si](C)(C)N=C=O.Cl.NCCCc1c(C(=O)O)[nH]c2ccc(CC(N)=O)cc12.[Cl-].[K+].[OH-]. The minimum atomic E-state index is -1.46. The van der Waals surface area contributed by atoms with Crippen molar-refractivity contribution in [3.63, 3.8) is 0 Å². The van der Waals surface area contributed by atoms with Gasteiger partial charge in [0.15, 0.2) is 8.24 Å². The second-order valence-electron chi connectivity index (χ2n) is 29.2. The summed E-state index contributed by atoms with van der Waals surface area (Å²) in [6.07, 6.45) is 5.07. The number of nitrogens with zero attached hydrogens (tertiary/aromatic N) is 1. The Morgan fingerprint density at radius 3 is 1.00 bits per heavy atom. The fourth-order valence-electron chi connectivity index (χ4n) is 11.0. The topological polar surface area (TPSA) is 546 Å². The van der Waals surface area contributed by atoms with Crippen molar-refractivity contribution in [2.24, 2.45) is 27.6 Å². The molecule has 6 amide bonds. The van der Waals surface area contributed by atoms with Crippen LogP contribution in [0.4, 0.5) is 20.1 Å². The molecule has 113 heavy (non-hydrogen) atoms. The van der Waals surface area contributed by atoms with Crippen molar-refractivity contribution in [2.75, 3.05) is 45.1 Å². The van der Waals surface area contributed by atoms with Crippen molar-refractivity contribution in [3.8, 4) is 0 Å². The van der Waals surface area contributed by atoms with Crippen LogP contribution in [0.15, 0.2) is 77.5 Å². The largest absolute Gasteiger partial charge is 1.00 e. The van der Waals surface area contributed by atoms with Gasteiger partial charge < -0.3 is 116 Å². The summed E-state index contributed by atoms with van der Waals surface area (Å²) in [7, 11) is -1.46. The Morgan fingerprint density at radius 2 is 0.752 bits per heavy atom. The minimum absolute atomic E-state index is 0. The number of nitrogen functional groups attached to an aromatic ring is 1. The molecule has 0 fully saturated rings. The maximum Gasteiger partial charge on any atom is 1.00 e. The van der Waals surface area contributed by atoms with Gasteiger partial charge in [-0.2, -0.15) is 0 Å². The first-order valence-corrected chi connectivity index (χ1v) is 39.1. The van der Waals surface area contributed by atoms with E-state index in [1.807, 2.05) is 70.7 Å². The number of hydrogen-bond acceptors (Lipinski definition) is 20. The van der Waals surface area contributed by atoms with Gasteiger partial charge in [-0.05, 0) is 247 Å². The number of aromatic nitrogens is 4. The van der Waals surface area contributed by atoms with Crippen LogP contribution < -0.4 is 108 Å². The second kappa shape index (κ2) is 48.7. The van der Waals surface area contributed by atoms with Crippen molar-refractivity contribution in [1.82, 2.24) is 35.9 Å². The number of primary amides is 3. The number of carbonyl (C=O) groups is 10. The Kier molecular flexibility index (Phi) is 44.7. The second-order valence-corrected chi connectivity index (χ2v) is 33.8. The first-order chi connectivity index (χ1) is 51.0. The Morgan fingerprint density at radius 1 is 0.478 bits per heavy atom. The average molecular weight is 1660 g/mol. The van der Waals surface area contributed by atoms with Gasteiger partial charge in [-0.15, -0.1) is 12.4 Å². The molecule has 0 spiro atoms. The van der Waals surface area contributed by atoms with Gasteiger partial charge in [-0.25, -0.2) is 43.0 Å². The van der Waals surface area contributed by atoms with Gasteiger partial charge in [0.1, 0.15) is 39.6 Å². The third-order valence-corrected chi connectivity index (χ3v) is 16.0. The number of aryl methyl sites for hydroxylation is 4. The van der Waals surface area contributed by atoms with E-state index in [0.717, 1.165) is 71.5 Å². The zero-order valence-corrected chi connectivity index (χ0v) is 72.6. The molecule has 0 aliphatic carbocycles. The number of rotatable bonds is 28. The van der Waals surface area contributed by atoms with Crippen LogP contribution in [0.3, 0.4) is 0 Å². The average Bonchev–Trinajstić information content (AvgIpc) is 1.29. The van der Waals surface area contributed by atoms with Crippen LogP contribution in [0.25, 0.3) is 43.6 Å². The van der Waals surface area contributed by atoms with Gasteiger partial charge in [-0.1, -0.05) is 18.2 Å². The fraction of sp³-hybridized carbons (Fsp3) is 0.442. The molecule has 0 atom stereocenters. The minimum Gasteiger partial charge on any atom is -1.00 e. The van der Waals surface area contributed by atoms with Crippen LogP contribution in [0.1, 0.15) is 183 Å². The number of halogens is 2. The number of anilines is 1. The number of hydrogen-bond donors (Lipinski definition) is 14. The zero-order valence-electron chi connectivity index (χ0n) is 66.9. The standard InChI is InChI=1S/C21H29N3O5.C19H25N3O5.C19H27N3O4.C14H17N3O3.C4H9NOSi.2ClH.K.H2O/c1-5-28-19(26)18-14(7-6-10-23-20(27)29-21(2,3)4)15-11-13(12-17(22)25)8-9-16(15)24-18;1-19(2,3)27-18(26)21-8-4-5-12-13-9-11(10-15(20)23)6-7-14(13)22-16(12)17(24)25;1-5-25-17(23)16-13(14-11-12(20)8-9-15(14)22-16)7-6-10-21-18(24)26-19(2,3)4;15-5-1-2-9-10-6-8(7-12(16)18)3-4-11(10)17-13(9)14(19)20;1-7(2,3)5-4-6;;;;/h8-9,11,24H,5-7,10,12H2,1-4H3,(H2,22,25)(H,23,27);6-7,9,22H,4-5,8,10H2,1-3H3,(H2,20,23)(H,21,26)(H,24,25);8-9,11,22H,5-7,10,20H2,1-4H3,(H,21,24);3-4,6,17H,1-2,5,7,15H2,(H2,16,18)(H,19,20);1-3H3;2*1H;;1H2/q;;;;;;;+1;/p-2. The normalized spacial score (nSPS) is 10.8. The molecule has 0 unspecified atom stereocenters. The summed E-state index contributed by atoms with van der Waals surface area (Å²) in [4.78, 5) is 138. The van der Waals surface area contributed by atoms with Crippen molar-refractivity contribution < 1.29 is 156 Å². The van der Waals surface area contributed by atoms with Gasteiger partial charge >= 0.3 is 93.5 Å². The maximum atomic E-state index is 12.4. The number of nitrogens with two attached hydrogens (primary N) is 5. The number of isocyanates is 1. The van der Waals surface area contributed by atoms with E-state index in [2.05, 4.69) is 40.5 Å². The molecule has 0 aliphatic rings. The van der Waals surface area contributed by atoms with E-state index in [0.29, 0.717) is 112 Å². The molecule has 8 rings (SSSR count). The van der Waals surface area contributed by atoms with E-state index in [9.17, 15) is 63.0 Å². The van der Waals surface area contributed by atoms with Crippen LogP contribution in [0.5, 0.6) is 0 Å². The van der Waals surface area contributed by atoms with E-state index in [4.69, 9.17) is 52.4 Å². The van der Waals surface area contributed by atoms with Crippen LogP contribution in [0, 0.1) is 0 Å². The van der Waals surface area contributed by atoms with E-state index in [1.54, 1.807) is 104 Å². The number of nitrogens with one attached hydrogen (secondary N) is 7. The Hall–Kier alpha value is -9.33. The predicted octanol–water partition coefficient (Wildman–Crippen LogP) is 4.76. The summed E-state index contributed by atoms with van der Waals surface area (Å²) in [6, 6.07) is 21.5. The number of aromatic amines is 4. The molecular weight excluding hydrogens is 1550 g/mol. The molecule has 4 aromatic heterocycles. The molecule has 36 heteroatoms. The number of carboxylic acid groups (broad SMARTS) is 2. The Balaban J connectivity index is 0.00000143. The third kappa shape index (κ3) is 36.6. The van der Waals surface area contributed by atoms with Crippen molar-refractivity contribution in [3.05, 3.63) is 135 Å². The van der Waals surface area contributed by atoms with Gasteiger partial charge in [0.2, 0.25) is 23.8 Å². The van der Waals surface area contributed by atoms with Crippen molar-refractivity contribution >= 4 is 136 Å². The number of ether oxygens (including phenoxy) is 5. The number of esters is 2. The first kappa shape index (κ1) is 104. The fourth-order valence-corrected chi connectivity index (χ4v) is 11.2. The Labute approximate surface area is 712 Å². The molecule has 0 bridgehead atoms. The van der Waals surface area contributed by atoms with Gasteiger partial charge in [0, 0.05) is 68.9 Å². The number of alkyl carbamates (subject to hydrolysis) is 3. The van der Waals surface area contributed by atoms with Crippen molar-refractivity contribution in [1.29, 1.82) is 0 Å². The molecule has 4 heterocycles. The number of benzene rings is 4. The molecule has 4 aromatic carbocycles. The summed E-state index contributed by atoms with van der Waals surface area (Å²) in [5, 5.41) is 30.1. The summed E-state index contributed by atoms with van der Waals surface area (Å²) < 4.78 is 29.5. The van der Waals surface area contributed by atoms with Crippen LogP contribution in [-0.4, -0.2) is 166 Å².